The van der Waals surface area contributed by atoms with Crippen molar-refractivity contribution in [3.05, 3.63) is 61.5 Å². The highest BCUT2D eigenvalue weighted by molar-refractivity contribution is 14.1. The van der Waals surface area contributed by atoms with Crippen molar-refractivity contribution in [1.29, 1.82) is 0 Å². The summed E-state index contributed by atoms with van der Waals surface area (Å²) in [6.45, 7) is 19.3. The summed E-state index contributed by atoms with van der Waals surface area (Å²) in [5, 5.41) is 11.5. The lowest BCUT2D eigenvalue weighted by molar-refractivity contribution is -0.289. The van der Waals surface area contributed by atoms with E-state index in [2.05, 4.69) is 70.3 Å². The molecule has 0 saturated heterocycles. The Labute approximate surface area is 243 Å². The van der Waals surface area contributed by atoms with Crippen molar-refractivity contribution in [3.63, 3.8) is 0 Å². The average molecular weight is 684 g/mol. The van der Waals surface area contributed by atoms with Gasteiger partial charge in [-0.3, -0.25) is 4.98 Å². The second-order valence-corrected chi connectivity index (χ2v) is 19.1. The fourth-order valence-corrected chi connectivity index (χ4v) is 7.28. The summed E-state index contributed by atoms with van der Waals surface area (Å²) >= 11 is 2.22. The largest absolute Gasteiger partial charge is 0.458 e. The minimum atomic E-state index is -5.71. The summed E-state index contributed by atoms with van der Waals surface area (Å²) in [5.41, 5.74) is 2.10. The monoisotopic (exact) mass is 683 g/mol. The SMILES string of the molecule is CC(C)c1nc2c(c(I)c1[C@@H](O)c1ccc(C(F)(F)C(F)(F)F)cc1)[C@@H](O[Si](C)(C)C(C)(C)C)CC(C)(C)C2. The van der Waals surface area contributed by atoms with Gasteiger partial charge in [0.1, 0.15) is 6.10 Å². The molecule has 0 bridgehead atoms. The quantitative estimate of drug-likeness (QED) is 0.187. The second-order valence-electron chi connectivity index (χ2n) is 13.2. The number of halogens is 6. The Morgan fingerprint density at radius 1 is 1.05 bits per heavy atom. The molecule has 0 unspecified atom stereocenters. The summed E-state index contributed by atoms with van der Waals surface area (Å²) in [4.78, 5) is 5.05. The lowest BCUT2D eigenvalue weighted by Crippen LogP contribution is -2.44. The van der Waals surface area contributed by atoms with Crippen LogP contribution >= 0.6 is 22.6 Å². The molecule has 1 aliphatic carbocycles. The molecule has 218 valence electrons. The number of benzene rings is 1. The molecule has 10 heteroatoms. The van der Waals surface area contributed by atoms with Gasteiger partial charge in [0.2, 0.25) is 0 Å². The molecule has 1 heterocycles. The van der Waals surface area contributed by atoms with E-state index >= 15 is 0 Å². The number of pyridine rings is 1. The van der Waals surface area contributed by atoms with Crippen LogP contribution in [-0.2, 0) is 16.8 Å². The Balaban J connectivity index is 2.16. The van der Waals surface area contributed by atoms with Crippen LogP contribution in [0.4, 0.5) is 22.0 Å². The van der Waals surface area contributed by atoms with Gasteiger partial charge in [-0.15, -0.1) is 0 Å². The van der Waals surface area contributed by atoms with Crippen LogP contribution in [0.1, 0.15) is 107 Å². The third kappa shape index (κ3) is 6.38. The lowest BCUT2D eigenvalue weighted by atomic mass is 9.74. The Kier molecular flexibility index (Phi) is 8.82. The number of alkyl halides is 5. The number of fused-ring (bicyclic) bond motifs is 1. The Bertz CT molecular complexity index is 1200. The number of rotatable bonds is 6. The van der Waals surface area contributed by atoms with Crippen LogP contribution in [0.2, 0.25) is 18.1 Å². The molecular weight excluding hydrogens is 644 g/mol. The maximum Gasteiger partial charge on any atom is 0.458 e. The highest BCUT2D eigenvalue weighted by atomic mass is 127. The van der Waals surface area contributed by atoms with E-state index in [-0.39, 0.29) is 28.0 Å². The molecule has 0 radical (unpaired) electrons. The standard InChI is InChI=1S/C29H39F5INO2Si/c1-16(2)24-22(25(37)17-10-12-18(13-11-17)28(30,31)29(32,33)34)23(35)21-19(36-24)14-27(6,7)15-20(21)38-39(8,9)26(3,4)5/h10-13,16,20,25,37H,14-15H2,1-9H3/t20-,25-/m0/s1. The van der Waals surface area contributed by atoms with Crippen molar-refractivity contribution < 1.29 is 31.5 Å². The van der Waals surface area contributed by atoms with Gasteiger partial charge in [-0.1, -0.05) is 72.7 Å². The van der Waals surface area contributed by atoms with Gasteiger partial charge in [-0.25, -0.2) is 0 Å². The number of aliphatic hydroxyl groups excluding tert-OH is 1. The number of aromatic nitrogens is 1. The summed E-state index contributed by atoms with van der Waals surface area (Å²) in [5.74, 6) is -5.05. The molecule has 2 atom stereocenters. The van der Waals surface area contributed by atoms with E-state index in [1.54, 1.807) is 0 Å². The summed E-state index contributed by atoms with van der Waals surface area (Å²) in [7, 11) is -2.19. The highest BCUT2D eigenvalue weighted by Crippen LogP contribution is 2.50. The van der Waals surface area contributed by atoms with Crippen molar-refractivity contribution in [2.75, 3.05) is 0 Å². The Morgan fingerprint density at radius 2 is 1.59 bits per heavy atom. The molecule has 0 saturated carbocycles. The summed E-state index contributed by atoms with van der Waals surface area (Å²) in [6.07, 6.45) is -5.68. The van der Waals surface area contributed by atoms with E-state index in [1.807, 2.05) is 13.8 Å². The van der Waals surface area contributed by atoms with Gasteiger partial charge >= 0.3 is 12.1 Å². The van der Waals surface area contributed by atoms with Crippen LogP contribution in [0.25, 0.3) is 0 Å². The minimum Gasteiger partial charge on any atom is -0.410 e. The number of aliphatic hydroxyl groups is 1. The molecule has 3 rings (SSSR count). The van der Waals surface area contributed by atoms with E-state index in [9.17, 15) is 27.1 Å². The lowest BCUT2D eigenvalue weighted by Gasteiger charge is -2.44. The summed E-state index contributed by atoms with van der Waals surface area (Å²) < 4.78 is 74.0. The Morgan fingerprint density at radius 3 is 2.05 bits per heavy atom. The van der Waals surface area contributed by atoms with Crippen LogP contribution in [-0.4, -0.2) is 24.6 Å². The maximum atomic E-state index is 13.9. The predicted octanol–water partition coefficient (Wildman–Crippen LogP) is 9.58. The van der Waals surface area contributed by atoms with Gasteiger partial charge in [0, 0.05) is 26.0 Å². The van der Waals surface area contributed by atoms with Crippen molar-refractivity contribution in [3.8, 4) is 0 Å². The van der Waals surface area contributed by atoms with Gasteiger partial charge < -0.3 is 9.53 Å². The van der Waals surface area contributed by atoms with Crippen LogP contribution < -0.4 is 0 Å². The van der Waals surface area contributed by atoms with Crippen molar-refractivity contribution in [2.45, 2.75) is 110 Å². The first-order chi connectivity index (χ1) is 17.5. The number of nitrogens with zero attached hydrogens (tertiary/aromatic N) is 1. The number of hydrogen-bond donors (Lipinski definition) is 1. The Hall–Kier alpha value is -1.11. The van der Waals surface area contributed by atoms with E-state index < -0.39 is 32.1 Å². The molecule has 0 fully saturated rings. The van der Waals surface area contributed by atoms with Gasteiger partial charge in [-0.2, -0.15) is 22.0 Å². The molecule has 0 spiro atoms. The minimum absolute atomic E-state index is 0.0198. The molecule has 0 amide bonds. The van der Waals surface area contributed by atoms with Gasteiger partial charge in [0.15, 0.2) is 8.32 Å². The van der Waals surface area contributed by atoms with E-state index in [1.165, 1.54) is 0 Å². The molecule has 1 aliphatic rings. The molecular formula is C29H39F5INO2Si. The third-order valence-electron chi connectivity index (χ3n) is 8.03. The molecule has 3 nitrogen and oxygen atoms in total. The molecule has 2 aromatic rings. The van der Waals surface area contributed by atoms with Gasteiger partial charge in [0.25, 0.3) is 0 Å². The van der Waals surface area contributed by atoms with Crippen LogP contribution in [0.3, 0.4) is 0 Å². The van der Waals surface area contributed by atoms with Crippen molar-refractivity contribution in [2.24, 2.45) is 5.41 Å². The molecule has 1 aromatic heterocycles. The van der Waals surface area contributed by atoms with Gasteiger partial charge in [0.05, 0.1) is 11.8 Å². The predicted molar refractivity (Wildman–Crippen MR) is 155 cm³/mol. The first-order valence-electron chi connectivity index (χ1n) is 13.1. The average Bonchev–Trinajstić information content (AvgIpc) is 2.75. The first kappa shape index (κ1) is 32.4. The maximum absolute atomic E-state index is 13.9. The first-order valence-corrected chi connectivity index (χ1v) is 17.1. The number of hydrogen-bond acceptors (Lipinski definition) is 3. The molecule has 1 N–H and O–H groups in total. The zero-order valence-corrected chi connectivity index (χ0v) is 27.2. The van der Waals surface area contributed by atoms with E-state index in [4.69, 9.17) is 9.41 Å². The third-order valence-corrected chi connectivity index (χ3v) is 13.7. The van der Waals surface area contributed by atoms with E-state index in [0.29, 0.717) is 11.3 Å². The van der Waals surface area contributed by atoms with Crippen LogP contribution in [0, 0.1) is 8.99 Å². The zero-order chi connectivity index (χ0) is 29.9. The molecule has 1 aromatic carbocycles. The van der Waals surface area contributed by atoms with E-state index in [0.717, 1.165) is 51.9 Å². The zero-order valence-electron chi connectivity index (χ0n) is 24.0. The summed E-state index contributed by atoms with van der Waals surface area (Å²) in [6, 6.07) is 3.72. The fraction of sp³-hybridized carbons (Fsp3) is 0.621. The smallest absolute Gasteiger partial charge is 0.410 e. The molecule has 0 aliphatic heterocycles. The van der Waals surface area contributed by atoms with Crippen LogP contribution in [0.5, 0.6) is 0 Å². The second kappa shape index (κ2) is 10.6. The fourth-order valence-electron chi connectivity index (χ4n) is 4.78. The van der Waals surface area contributed by atoms with Crippen molar-refractivity contribution >= 4 is 30.9 Å². The van der Waals surface area contributed by atoms with Crippen LogP contribution in [0.15, 0.2) is 24.3 Å². The molecule has 39 heavy (non-hydrogen) atoms. The van der Waals surface area contributed by atoms with Gasteiger partial charge in [-0.05, 0) is 70.5 Å². The normalized spacial score (nSPS) is 19.3. The topological polar surface area (TPSA) is 42.4 Å². The highest BCUT2D eigenvalue weighted by Gasteiger charge is 2.58. The van der Waals surface area contributed by atoms with Crippen molar-refractivity contribution in [1.82, 2.24) is 4.98 Å².